The molecule has 0 fully saturated rings. The molecule has 18 heavy (non-hydrogen) atoms. The molecular formula is C11H12F3N3S. The van der Waals surface area contributed by atoms with Crippen molar-refractivity contribution in [3.8, 4) is 0 Å². The van der Waals surface area contributed by atoms with Crippen LogP contribution in [0.2, 0.25) is 0 Å². The zero-order valence-corrected chi connectivity index (χ0v) is 10.5. The lowest BCUT2D eigenvalue weighted by atomic mass is 10.2. The van der Waals surface area contributed by atoms with Gasteiger partial charge in [-0.25, -0.2) is 4.98 Å². The fourth-order valence-corrected chi connectivity index (χ4v) is 2.49. The van der Waals surface area contributed by atoms with Crippen LogP contribution in [0.25, 0.3) is 10.2 Å². The molecule has 1 aromatic carbocycles. The van der Waals surface area contributed by atoms with E-state index in [1.165, 1.54) is 16.2 Å². The standard InChI is InChI=1S/C11H12F3N3S/c1-2-17(5-11(12,13)14)7-3-4-8-10(9(7)15)16-6-18-8/h3-4,6H,2,5,15H2,1H3. The van der Waals surface area contributed by atoms with Crippen molar-refractivity contribution in [2.24, 2.45) is 0 Å². The Hall–Kier alpha value is -1.50. The number of nitrogens with two attached hydrogens (primary N) is 1. The van der Waals surface area contributed by atoms with E-state index in [1.807, 2.05) is 0 Å². The topological polar surface area (TPSA) is 42.2 Å². The Bertz CT molecular complexity index is 550. The fourth-order valence-electron chi connectivity index (χ4n) is 1.80. The van der Waals surface area contributed by atoms with Crippen molar-refractivity contribution < 1.29 is 13.2 Å². The maximum absolute atomic E-state index is 12.5. The van der Waals surface area contributed by atoms with E-state index in [9.17, 15) is 13.2 Å². The van der Waals surface area contributed by atoms with Crippen LogP contribution >= 0.6 is 11.3 Å². The number of fused-ring (bicyclic) bond motifs is 1. The molecule has 1 aromatic heterocycles. The van der Waals surface area contributed by atoms with Crippen LogP contribution in [0.4, 0.5) is 24.5 Å². The Labute approximate surface area is 106 Å². The van der Waals surface area contributed by atoms with Crippen molar-refractivity contribution in [2.75, 3.05) is 23.7 Å². The van der Waals surface area contributed by atoms with Gasteiger partial charge in [-0.15, -0.1) is 11.3 Å². The van der Waals surface area contributed by atoms with Gasteiger partial charge in [0.15, 0.2) is 0 Å². The third-order valence-corrected chi connectivity index (χ3v) is 3.41. The minimum atomic E-state index is -4.25. The lowest BCUT2D eigenvalue weighted by Gasteiger charge is -2.25. The van der Waals surface area contributed by atoms with Gasteiger partial charge in [-0.05, 0) is 19.1 Å². The number of aromatic nitrogens is 1. The van der Waals surface area contributed by atoms with Crippen LogP contribution in [0.15, 0.2) is 17.6 Å². The van der Waals surface area contributed by atoms with E-state index in [1.54, 1.807) is 24.6 Å². The molecule has 0 unspecified atom stereocenters. The number of anilines is 2. The Balaban J connectivity index is 2.41. The van der Waals surface area contributed by atoms with Crippen molar-refractivity contribution in [1.82, 2.24) is 4.98 Å². The smallest absolute Gasteiger partial charge is 0.395 e. The van der Waals surface area contributed by atoms with Gasteiger partial charge in [-0.1, -0.05) is 0 Å². The molecule has 0 bridgehead atoms. The Morgan fingerprint density at radius 1 is 1.39 bits per heavy atom. The number of halogens is 3. The molecule has 0 saturated heterocycles. The van der Waals surface area contributed by atoms with Crippen molar-refractivity contribution >= 4 is 32.9 Å². The number of hydrogen-bond acceptors (Lipinski definition) is 4. The highest BCUT2D eigenvalue weighted by atomic mass is 32.1. The summed E-state index contributed by atoms with van der Waals surface area (Å²) < 4.78 is 38.3. The minimum absolute atomic E-state index is 0.235. The molecule has 0 radical (unpaired) electrons. The first-order valence-electron chi connectivity index (χ1n) is 5.35. The minimum Gasteiger partial charge on any atom is -0.395 e. The van der Waals surface area contributed by atoms with Gasteiger partial charge in [0.05, 0.1) is 21.6 Å². The number of thiazole rings is 1. The average molecular weight is 275 g/mol. The molecule has 3 nitrogen and oxygen atoms in total. The summed E-state index contributed by atoms with van der Waals surface area (Å²) in [4.78, 5) is 5.28. The summed E-state index contributed by atoms with van der Waals surface area (Å²) in [6.45, 7) is 0.888. The van der Waals surface area contributed by atoms with Gasteiger partial charge >= 0.3 is 6.18 Å². The quantitative estimate of drug-likeness (QED) is 0.874. The highest BCUT2D eigenvalue weighted by molar-refractivity contribution is 7.16. The second-order valence-corrected chi connectivity index (χ2v) is 4.71. The number of benzene rings is 1. The Kier molecular flexibility index (Phi) is 3.34. The molecule has 2 N–H and O–H groups in total. The first kappa shape index (κ1) is 12.9. The lowest BCUT2D eigenvalue weighted by Crippen LogP contribution is -2.34. The van der Waals surface area contributed by atoms with Gasteiger partial charge in [0.25, 0.3) is 0 Å². The Morgan fingerprint density at radius 2 is 2.11 bits per heavy atom. The summed E-state index contributed by atoms with van der Waals surface area (Å²) in [5, 5.41) is 0. The molecule has 1 heterocycles. The van der Waals surface area contributed by atoms with E-state index in [0.717, 1.165) is 4.70 Å². The van der Waals surface area contributed by atoms with Crippen molar-refractivity contribution in [1.29, 1.82) is 0 Å². The zero-order chi connectivity index (χ0) is 13.3. The second kappa shape index (κ2) is 4.64. The van der Waals surface area contributed by atoms with E-state index in [2.05, 4.69) is 4.98 Å². The predicted molar refractivity (Wildman–Crippen MR) is 68.0 cm³/mol. The number of rotatable bonds is 3. The zero-order valence-electron chi connectivity index (χ0n) is 9.66. The fraction of sp³-hybridized carbons (Fsp3) is 0.364. The summed E-state index contributed by atoms with van der Waals surface area (Å²) in [6.07, 6.45) is -4.25. The van der Waals surface area contributed by atoms with Crippen LogP contribution in [0.3, 0.4) is 0 Å². The molecule has 0 saturated carbocycles. The summed E-state index contributed by atoms with van der Waals surface area (Å²) in [5.74, 6) is 0. The van der Waals surface area contributed by atoms with E-state index in [4.69, 9.17) is 5.73 Å². The first-order valence-corrected chi connectivity index (χ1v) is 6.23. The first-order chi connectivity index (χ1) is 8.42. The molecule has 7 heteroatoms. The molecule has 0 aliphatic rings. The van der Waals surface area contributed by atoms with E-state index in [0.29, 0.717) is 16.9 Å². The molecule has 0 amide bonds. The number of hydrogen-bond donors (Lipinski definition) is 1. The summed E-state index contributed by atoms with van der Waals surface area (Å²) >= 11 is 1.41. The molecule has 0 spiro atoms. The van der Waals surface area contributed by atoms with Gasteiger partial charge in [-0.3, -0.25) is 0 Å². The van der Waals surface area contributed by atoms with Crippen LogP contribution in [0.1, 0.15) is 6.92 Å². The molecular weight excluding hydrogens is 263 g/mol. The van der Waals surface area contributed by atoms with Crippen LogP contribution in [0, 0.1) is 0 Å². The molecule has 0 atom stereocenters. The molecule has 2 rings (SSSR count). The van der Waals surface area contributed by atoms with Gasteiger partial charge in [0.2, 0.25) is 0 Å². The second-order valence-electron chi connectivity index (χ2n) is 3.83. The molecule has 98 valence electrons. The maximum atomic E-state index is 12.5. The summed E-state index contributed by atoms with van der Waals surface area (Å²) in [6, 6.07) is 3.36. The summed E-state index contributed by atoms with van der Waals surface area (Å²) in [7, 11) is 0. The third kappa shape index (κ3) is 2.50. The lowest BCUT2D eigenvalue weighted by molar-refractivity contribution is -0.119. The molecule has 2 aromatic rings. The number of alkyl halides is 3. The monoisotopic (exact) mass is 275 g/mol. The van der Waals surface area contributed by atoms with Gasteiger partial charge in [0, 0.05) is 6.54 Å². The normalized spacial score (nSPS) is 12.0. The number of nitrogen functional groups attached to an aromatic ring is 1. The highest BCUT2D eigenvalue weighted by Gasteiger charge is 2.31. The number of nitrogens with zero attached hydrogens (tertiary/aromatic N) is 2. The van der Waals surface area contributed by atoms with Crippen molar-refractivity contribution in [2.45, 2.75) is 13.1 Å². The molecule has 0 aliphatic heterocycles. The predicted octanol–water partition coefficient (Wildman–Crippen LogP) is 3.27. The largest absolute Gasteiger partial charge is 0.405 e. The van der Waals surface area contributed by atoms with Crippen LogP contribution in [-0.2, 0) is 0 Å². The average Bonchev–Trinajstić information content (AvgIpc) is 2.74. The van der Waals surface area contributed by atoms with Gasteiger partial charge < -0.3 is 10.6 Å². The van der Waals surface area contributed by atoms with E-state index < -0.39 is 12.7 Å². The SMILES string of the molecule is CCN(CC(F)(F)F)c1ccc2scnc2c1N. The summed E-state index contributed by atoms with van der Waals surface area (Å²) in [5.41, 5.74) is 8.78. The highest BCUT2D eigenvalue weighted by Crippen LogP contribution is 2.33. The van der Waals surface area contributed by atoms with Crippen LogP contribution in [-0.4, -0.2) is 24.2 Å². The van der Waals surface area contributed by atoms with Gasteiger partial charge in [0.1, 0.15) is 12.1 Å². The van der Waals surface area contributed by atoms with E-state index in [-0.39, 0.29) is 6.54 Å². The molecule has 0 aliphatic carbocycles. The van der Waals surface area contributed by atoms with Gasteiger partial charge in [-0.2, -0.15) is 13.2 Å². The Morgan fingerprint density at radius 3 is 2.72 bits per heavy atom. The van der Waals surface area contributed by atoms with Crippen molar-refractivity contribution in [3.05, 3.63) is 17.6 Å². The maximum Gasteiger partial charge on any atom is 0.405 e. The van der Waals surface area contributed by atoms with E-state index >= 15 is 0 Å². The van der Waals surface area contributed by atoms with Crippen LogP contribution < -0.4 is 10.6 Å². The van der Waals surface area contributed by atoms with Crippen LogP contribution in [0.5, 0.6) is 0 Å². The van der Waals surface area contributed by atoms with Crippen molar-refractivity contribution in [3.63, 3.8) is 0 Å². The third-order valence-electron chi connectivity index (χ3n) is 2.61.